The zero-order chi connectivity index (χ0) is 22.7. The number of benzene rings is 2. The fraction of sp³-hybridized carbons (Fsp3) is 0.269. The van der Waals surface area contributed by atoms with Gasteiger partial charge in [-0.05, 0) is 48.4 Å². The average molecular weight is 429 g/mol. The van der Waals surface area contributed by atoms with Crippen molar-refractivity contribution in [3.05, 3.63) is 95.6 Å². The first-order chi connectivity index (χ1) is 15.4. The van der Waals surface area contributed by atoms with Crippen LogP contribution in [0.15, 0.2) is 67.3 Å². The summed E-state index contributed by atoms with van der Waals surface area (Å²) < 4.78 is 13.0. The van der Waals surface area contributed by atoms with E-state index in [-0.39, 0.29) is 5.41 Å². The van der Waals surface area contributed by atoms with Gasteiger partial charge in [-0.1, -0.05) is 32.0 Å². The molecule has 4 aromatic rings. The van der Waals surface area contributed by atoms with Gasteiger partial charge in [-0.25, -0.2) is 15.0 Å². The van der Waals surface area contributed by atoms with Crippen LogP contribution in [0.3, 0.4) is 0 Å². The smallest absolute Gasteiger partial charge is 0.143 e. The maximum Gasteiger partial charge on any atom is 0.143 e. The van der Waals surface area contributed by atoms with Gasteiger partial charge < -0.3 is 14.0 Å². The SMILES string of the molecule is COc1cccc(C(C)(C)c2ccnc(Cc3ccc(-n4cnc(C)c4)c(OC)c3)n2)c1. The van der Waals surface area contributed by atoms with E-state index in [1.165, 1.54) is 0 Å². The maximum atomic E-state index is 5.64. The van der Waals surface area contributed by atoms with Gasteiger partial charge in [-0.15, -0.1) is 0 Å². The molecule has 6 heteroatoms. The summed E-state index contributed by atoms with van der Waals surface area (Å²) in [5, 5.41) is 0. The lowest BCUT2D eigenvalue weighted by Gasteiger charge is -2.25. The third kappa shape index (κ3) is 4.35. The number of methoxy groups -OCH3 is 2. The number of rotatable bonds is 7. The maximum absolute atomic E-state index is 5.64. The van der Waals surface area contributed by atoms with Crippen molar-refractivity contribution in [1.82, 2.24) is 19.5 Å². The molecular formula is C26H28N4O2. The van der Waals surface area contributed by atoms with E-state index >= 15 is 0 Å². The molecular weight excluding hydrogens is 400 g/mol. The Balaban J connectivity index is 1.61. The molecule has 2 heterocycles. The summed E-state index contributed by atoms with van der Waals surface area (Å²) in [7, 11) is 3.36. The first kappa shape index (κ1) is 21.6. The second kappa shape index (κ2) is 8.83. The summed E-state index contributed by atoms with van der Waals surface area (Å²) in [4.78, 5) is 13.7. The number of aromatic nitrogens is 4. The van der Waals surface area contributed by atoms with E-state index in [0.717, 1.165) is 45.5 Å². The normalized spacial score (nSPS) is 11.4. The van der Waals surface area contributed by atoms with Crippen molar-refractivity contribution in [2.45, 2.75) is 32.6 Å². The first-order valence-corrected chi connectivity index (χ1v) is 10.6. The van der Waals surface area contributed by atoms with Crippen molar-refractivity contribution in [3.63, 3.8) is 0 Å². The molecule has 0 fully saturated rings. The summed E-state index contributed by atoms with van der Waals surface area (Å²) in [6.45, 7) is 6.30. The summed E-state index contributed by atoms with van der Waals surface area (Å²) in [6.07, 6.45) is 6.21. The summed E-state index contributed by atoms with van der Waals surface area (Å²) in [5.41, 5.74) is 4.81. The highest BCUT2D eigenvalue weighted by Gasteiger charge is 2.25. The van der Waals surface area contributed by atoms with E-state index in [1.54, 1.807) is 20.5 Å². The molecule has 164 valence electrons. The van der Waals surface area contributed by atoms with Gasteiger partial charge in [0, 0.05) is 24.2 Å². The zero-order valence-corrected chi connectivity index (χ0v) is 19.2. The number of hydrogen-bond acceptors (Lipinski definition) is 5. The van der Waals surface area contributed by atoms with Crippen molar-refractivity contribution in [1.29, 1.82) is 0 Å². The van der Waals surface area contributed by atoms with E-state index in [4.69, 9.17) is 14.5 Å². The Morgan fingerprint density at radius 3 is 2.53 bits per heavy atom. The van der Waals surface area contributed by atoms with Crippen molar-refractivity contribution in [3.8, 4) is 17.2 Å². The van der Waals surface area contributed by atoms with E-state index < -0.39 is 0 Å². The topological polar surface area (TPSA) is 62.1 Å². The van der Waals surface area contributed by atoms with E-state index in [9.17, 15) is 0 Å². The van der Waals surface area contributed by atoms with Crippen molar-refractivity contribution >= 4 is 0 Å². The zero-order valence-electron chi connectivity index (χ0n) is 19.2. The lowest BCUT2D eigenvalue weighted by molar-refractivity contribution is 0.412. The van der Waals surface area contributed by atoms with Crippen LogP contribution in [0, 0.1) is 6.92 Å². The van der Waals surface area contributed by atoms with Gasteiger partial charge in [0.05, 0.1) is 37.6 Å². The van der Waals surface area contributed by atoms with Gasteiger partial charge in [-0.3, -0.25) is 0 Å². The molecule has 2 aromatic heterocycles. The van der Waals surface area contributed by atoms with Crippen LogP contribution in [-0.4, -0.2) is 33.7 Å². The second-order valence-corrected chi connectivity index (χ2v) is 8.32. The molecule has 0 atom stereocenters. The Hall–Kier alpha value is -3.67. The Labute approximate surface area is 188 Å². The standard InChI is InChI=1S/C26H28N4O2/c1-18-16-30(17-28-18)22-10-9-19(13-23(22)32-5)14-25-27-12-11-24(29-25)26(2,3)20-7-6-8-21(15-20)31-4/h6-13,15-17H,14H2,1-5H3. The van der Waals surface area contributed by atoms with Crippen LogP contribution in [0.1, 0.15) is 42.2 Å². The average Bonchev–Trinajstić information content (AvgIpc) is 3.25. The molecule has 0 unspecified atom stereocenters. The molecule has 0 aliphatic heterocycles. The van der Waals surface area contributed by atoms with Gasteiger partial charge in [0.15, 0.2) is 0 Å². The van der Waals surface area contributed by atoms with E-state index in [1.807, 2.05) is 54.2 Å². The molecule has 0 aliphatic rings. The van der Waals surface area contributed by atoms with E-state index in [2.05, 4.69) is 42.0 Å². The van der Waals surface area contributed by atoms with Crippen LogP contribution in [0.25, 0.3) is 5.69 Å². The number of nitrogens with zero attached hydrogens (tertiary/aromatic N) is 4. The molecule has 32 heavy (non-hydrogen) atoms. The number of hydrogen-bond donors (Lipinski definition) is 0. The van der Waals surface area contributed by atoms with Crippen molar-refractivity contribution in [2.24, 2.45) is 0 Å². The Kier molecular flexibility index (Phi) is 5.95. The van der Waals surface area contributed by atoms with Gasteiger partial charge in [0.25, 0.3) is 0 Å². The Bertz CT molecular complexity index is 1230. The number of ether oxygens (including phenoxy) is 2. The molecule has 0 aliphatic carbocycles. The van der Waals surface area contributed by atoms with Crippen molar-refractivity contribution < 1.29 is 9.47 Å². The summed E-state index contributed by atoms with van der Waals surface area (Å²) in [5.74, 6) is 2.39. The van der Waals surface area contributed by atoms with E-state index in [0.29, 0.717) is 6.42 Å². The minimum absolute atomic E-state index is 0.285. The minimum atomic E-state index is -0.285. The predicted molar refractivity (Wildman–Crippen MR) is 125 cm³/mol. The molecule has 0 N–H and O–H groups in total. The van der Waals surface area contributed by atoms with Crippen molar-refractivity contribution in [2.75, 3.05) is 14.2 Å². The Morgan fingerprint density at radius 2 is 1.81 bits per heavy atom. The highest BCUT2D eigenvalue weighted by molar-refractivity contribution is 5.49. The largest absolute Gasteiger partial charge is 0.497 e. The molecule has 0 amide bonds. The molecule has 0 radical (unpaired) electrons. The van der Waals surface area contributed by atoms with Crippen LogP contribution in [0.5, 0.6) is 11.5 Å². The first-order valence-electron chi connectivity index (χ1n) is 10.6. The molecule has 0 bridgehead atoms. The third-order valence-electron chi connectivity index (χ3n) is 5.73. The molecule has 0 spiro atoms. The fourth-order valence-corrected chi connectivity index (χ4v) is 3.77. The van der Waals surface area contributed by atoms with Gasteiger partial charge in [0.1, 0.15) is 17.3 Å². The molecule has 0 saturated carbocycles. The highest BCUT2D eigenvalue weighted by atomic mass is 16.5. The van der Waals surface area contributed by atoms with Crippen LogP contribution in [-0.2, 0) is 11.8 Å². The van der Waals surface area contributed by atoms with Crippen LogP contribution < -0.4 is 9.47 Å². The molecule has 0 saturated heterocycles. The third-order valence-corrected chi connectivity index (χ3v) is 5.73. The lowest BCUT2D eigenvalue weighted by Crippen LogP contribution is -2.21. The summed E-state index contributed by atoms with van der Waals surface area (Å²) in [6, 6.07) is 16.3. The summed E-state index contributed by atoms with van der Waals surface area (Å²) >= 11 is 0. The monoisotopic (exact) mass is 428 g/mol. The van der Waals surface area contributed by atoms with Gasteiger partial charge in [0.2, 0.25) is 0 Å². The van der Waals surface area contributed by atoms with Crippen LogP contribution in [0.2, 0.25) is 0 Å². The molecule has 4 rings (SSSR count). The lowest BCUT2D eigenvalue weighted by atomic mass is 9.81. The van der Waals surface area contributed by atoms with Crippen LogP contribution in [0.4, 0.5) is 0 Å². The molecule has 2 aromatic carbocycles. The van der Waals surface area contributed by atoms with Crippen LogP contribution >= 0.6 is 0 Å². The highest BCUT2D eigenvalue weighted by Crippen LogP contribution is 2.32. The second-order valence-electron chi connectivity index (χ2n) is 8.32. The quantitative estimate of drug-likeness (QED) is 0.419. The predicted octanol–water partition coefficient (Wildman–Crippen LogP) is 4.90. The number of imidazole rings is 1. The van der Waals surface area contributed by atoms with Gasteiger partial charge >= 0.3 is 0 Å². The number of aryl methyl sites for hydroxylation is 1. The minimum Gasteiger partial charge on any atom is -0.497 e. The Morgan fingerprint density at radius 1 is 0.969 bits per heavy atom. The molecule has 6 nitrogen and oxygen atoms in total. The van der Waals surface area contributed by atoms with Gasteiger partial charge in [-0.2, -0.15) is 0 Å². The fourth-order valence-electron chi connectivity index (χ4n) is 3.77.